The van der Waals surface area contributed by atoms with Gasteiger partial charge in [-0.05, 0) is 75.9 Å². The van der Waals surface area contributed by atoms with E-state index in [2.05, 4.69) is 60.8 Å². The van der Waals surface area contributed by atoms with Crippen LogP contribution >= 0.6 is 22.6 Å². The fourth-order valence-corrected chi connectivity index (χ4v) is 2.85. The van der Waals surface area contributed by atoms with Gasteiger partial charge in [0.05, 0.1) is 0 Å². The van der Waals surface area contributed by atoms with Crippen molar-refractivity contribution < 1.29 is 4.79 Å². The molecule has 0 bridgehead atoms. The second kappa shape index (κ2) is 7.30. The summed E-state index contributed by atoms with van der Waals surface area (Å²) in [5.41, 5.74) is 4.36. The van der Waals surface area contributed by atoms with Crippen molar-refractivity contribution in [3.8, 4) is 0 Å². The van der Waals surface area contributed by atoms with Crippen LogP contribution in [0.4, 0.5) is 5.69 Å². The summed E-state index contributed by atoms with van der Waals surface area (Å²) in [6.45, 7) is 8.56. The molecule has 2 rings (SSSR count). The first-order valence-electron chi connectivity index (χ1n) is 7.61. The molecule has 0 saturated carbocycles. The third-order valence-electron chi connectivity index (χ3n) is 3.65. The molecule has 2 aromatic rings. The highest BCUT2D eigenvalue weighted by Gasteiger charge is 2.12. The summed E-state index contributed by atoms with van der Waals surface area (Å²) in [6.07, 6.45) is 3.41. The van der Waals surface area contributed by atoms with Gasteiger partial charge in [0.25, 0.3) is 0 Å². The molecule has 3 heteroatoms. The van der Waals surface area contributed by atoms with Crippen LogP contribution in [0.5, 0.6) is 0 Å². The Morgan fingerprint density at radius 2 is 1.74 bits per heavy atom. The first-order valence-corrected chi connectivity index (χ1v) is 8.69. The molecule has 1 N–H and O–H groups in total. The number of amides is 1. The Labute approximate surface area is 152 Å². The van der Waals surface area contributed by atoms with E-state index in [0.29, 0.717) is 0 Å². The van der Waals surface area contributed by atoms with Gasteiger partial charge < -0.3 is 5.32 Å². The minimum Gasteiger partial charge on any atom is -0.322 e. The van der Waals surface area contributed by atoms with Crippen LogP contribution in [0.1, 0.15) is 37.5 Å². The molecule has 0 aliphatic rings. The largest absolute Gasteiger partial charge is 0.322 e. The minimum atomic E-state index is -0.116. The molecule has 1 amide bonds. The Morgan fingerprint density at radius 3 is 2.30 bits per heavy atom. The highest BCUT2D eigenvalue weighted by molar-refractivity contribution is 14.1. The lowest BCUT2D eigenvalue weighted by Crippen LogP contribution is -2.10. The molecule has 0 fully saturated rings. The molecule has 120 valence electrons. The number of halogens is 1. The summed E-state index contributed by atoms with van der Waals surface area (Å²) in [5, 5.41) is 2.91. The molecule has 0 radical (unpaired) electrons. The predicted molar refractivity (Wildman–Crippen MR) is 107 cm³/mol. The molecule has 0 unspecified atom stereocenters. The van der Waals surface area contributed by atoms with Crippen LogP contribution in [-0.4, -0.2) is 5.91 Å². The summed E-state index contributed by atoms with van der Waals surface area (Å²) < 4.78 is 1.16. The summed E-state index contributed by atoms with van der Waals surface area (Å²) >= 11 is 2.26. The van der Waals surface area contributed by atoms with Crippen LogP contribution in [0, 0.1) is 10.5 Å². The van der Waals surface area contributed by atoms with E-state index in [-0.39, 0.29) is 11.3 Å². The standard InChI is InChI=1S/C20H22INO/c1-14-13-17(21)10-11-18(14)22-19(23)12-7-15-5-8-16(9-6-15)20(2,3)4/h5-13H,1-4H3,(H,22,23). The van der Waals surface area contributed by atoms with Crippen molar-refractivity contribution in [1.82, 2.24) is 0 Å². The summed E-state index contributed by atoms with van der Waals surface area (Å²) in [5.74, 6) is -0.116. The van der Waals surface area contributed by atoms with Crippen LogP contribution in [0.25, 0.3) is 6.08 Å². The van der Waals surface area contributed by atoms with Crippen LogP contribution in [0.15, 0.2) is 48.5 Å². The molecule has 2 aromatic carbocycles. The Bertz CT molecular complexity index is 724. The van der Waals surface area contributed by atoms with Crippen LogP contribution in [-0.2, 0) is 10.2 Å². The quantitative estimate of drug-likeness (QED) is 0.513. The number of hydrogen-bond donors (Lipinski definition) is 1. The monoisotopic (exact) mass is 419 g/mol. The van der Waals surface area contributed by atoms with E-state index in [4.69, 9.17) is 0 Å². The van der Waals surface area contributed by atoms with Gasteiger partial charge in [-0.15, -0.1) is 0 Å². The average Bonchev–Trinajstić information content (AvgIpc) is 2.47. The molecule has 0 aliphatic carbocycles. The van der Waals surface area contributed by atoms with Gasteiger partial charge in [0, 0.05) is 15.3 Å². The SMILES string of the molecule is Cc1cc(I)ccc1NC(=O)C=Cc1ccc(C(C)(C)C)cc1. The molecule has 0 aromatic heterocycles. The van der Waals surface area contributed by atoms with Crippen LogP contribution < -0.4 is 5.32 Å². The zero-order valence-corrected chi connectivity index (χ0v) is 16.1. The number of nitrogens with one attached hydrogen (secondary N) is 1. The number of carbonyl (C=O) groups excluding carboxylic acids is 1. The maximum atomic E-state index is 12.0. The molecular formula is C20H22INO. The van der Waals surface area contributed by atoms with Gasteiger partial charge in [0.2, 0.25) is 5.91 Å². The van der Waals surface area contributed by atoms with Crippen molar-refractivity contribution in [1.29, 1.82) is 0 Å². The summed E-state index contributed by atoms with van der Waals surface area (Å²) in [6, 6.07) is 14.3. The second-order valence-corrected chi connectivity index (χ2v) is 7.90. The number of rotatable bonds is 3. The second-order valence-electron chi connectivity index (χ2n) is 6.65. The Hall–Kier alpha value is -1.62. The van der Waals surface area contributed by atoms with E-state index in [9.17, 15) is 4.79 Å². The van der Waals surface area contributed by atoms with E-state index in [1.165, 1.54) is 5.56 Å². The van der Waals surface area contributed by atoms with Gasteiger partial charge in [-0.2, -0.15) is 0 Å². The van der Waals surface area contributed by atoms with Crippen molar-refractivity contribution in [3.05, 3.63) is 68.8 Å². The number of benzene rings is 2. The van der Waals surface area contributed by atoms with Gasteiger partial charge in [0.1, 0.15) is 0 Å². The number of carbonyl (C=O) groups is 1. The lowest BCUT2D eigenvalue weighted by molar-refractivity contribution is -0.111. The zero-order chi connectivity index (χ0) is 17.0. The molecule has 0 aliphatic heterocycles. The van der Waals surface area contributed by atoms with Gasteiger partial charge in [-0.25, -0.2) is 0 Å². The number of hydrogen-bond acceptors (Lipinski definition) is 1. The topological polar surface area (TPSA) is 29.1 Å². The van der Waals surface area contributed by atoms with Crippen molar-refractivity contribution in [3.63, 3.8) is 0 Å². The highest BCUT2D eigenvalue weighted by Crippen LogP contribution is 2.22. The van der Waals surface area contributed by atoms with Gasteiger partial charge in [-0.3, -0.25) is 4.79 Å². The van der Waals surface area contributed by atoms with E-state index in [1.807, 2.05) is 43.3 Å². The Morgan fingerprint density at radius 1 is 1.09 bits per heavy atom. The van der Waals surface area contributed by atoms with E-state index in [0.717, 1.165) is 20.4 Å². The van der Waals surface area contributed by atoms with Gasteiger partial charge in [0.15, 0.2) is 0 Å². The maximum absolute atomic E-state index is 12.0. The van der Waals surface area contributed by atoms with Gasteiger partial charge >= 0.3 is 0 Å². The molecule has 0 heterocycles. The highest BCUT2D eigenvalue weighted by atomic mass is 127. The molecule has 23 heavy (non-hydrogen) atoms. The lowest BCUT2D eigenvalue weighted by Gasteiger charge is -2.18. The fourth-order valence-electron chi connectivity index (χ4n) is 2.21. The molecule has 2 nitrogen and oxygen atoms in total. The Balaban J connectivity index is 2.03. The number of anilines is 1. The Kier molecular flexibility index (Phi) is 5.63. The van der Waals surface area contributed by atoms with Crippen LogP contribution in [0.2, 0.25) is 0 Å². The van der Waals surface area contributed by atoms with Crippen LogP contribution in [0.3, 0.4) is 0 Å². The van der Waals surface area contributed by atoms with Crippen molar-refractivity contribution in [2.45, 2.75) is 33.1 Å². The third kappa shape index (κ3) is 5.20. The molecule has 0 saturated heterocycles. The summed E-state index contributed by atoms with van der Waals surface area (Å²) in [4.78, 5) is 12.0. The molecular weight excluding hydrogens is 397 g/mol. The lowest BCUT2D eigenvalue weighted by atomic mass is 9.87. The van der Waals surface area contributed by atoms with E-state index < -0.39 is 0 Å². The van der Waals surface area contributed by atoms with E-state index >= 15 is 0 Å². The average molecular weight is 419 g/mol. The predicted octanol–water partition coefficient (Wildman–Crippen LogP) is 5.55. The van der Waals surface area contributed by atoms with Crippen molar-refractivity contribution >= 4 is 40.3 Å². The smallest absolute Gasteiger partial charge is 0.248 e. The van der Waals surface area contributed by atoms with E-state index in [1.54, 1.807) is 6.08 Å². The number of aryl methyl sites for hydroxylation is 1. The minimum absolute atomic E-state index is 0.116. The maximum Gasteiger partial charge on any atom is 0.248 e. The summed E-state index contributed by atoms with van der Waals surface area (Å²) in [7, 11) is 0. The molecule has 0 atom stereocenters. The normalized spacial score (nSPS) is 11.7. The first-order chi connectivity index (χ1) is 10.8. The zero-order valence-electron chi connectivity index (χ0n) is 14.0. The third-order valence-corrected chi connectivity index (χ3v) is 4.32. The molecule has 0 spiro atoms. The van der Waals surface area contributed by atoms with Crippen molar-refractivity contribution in [2.75, 3.05) is 5.32 Å². The fraction of sp³-hybridized carbons (Fsp3) is 0.250. The first kappa shape index (κ1) is 17.7. The van der Waals surface area contributed by atoms with Gasteiger partial charge in [-0.1, -0.05) is 45.0 Å². The van der Waals surface area contributed by atoms with Crippen molar-refractivity contribution in [2.24, 2.45) is 0 Å².